The quantitative estimate of drug-likeness (QED) is 0.326. The molecule has 2 atom stereocenters. The van der Waals surface area contributed by atoms with Gasteiger partial charge in [-0.05, 0) is 43.5 Å². The fourth-order valence-electron chi connectivity index (χ4n) is 4.36. The van der Waals surface area contributed by atoms with Crippen LogP contribution in [0.3, 0.4) is 0 Å². The number of anilines is 1. The van der Waals surface area contributed by atoms with E-state index in [1.807, 2.05) is 75.4 Å². The Bertz CT molecular complexity index is 1430. The molecule has 0 fully saturated rings. The fraction of sp³-hybridized carbons (Fsp3) is 0.355. The minimum absolute atomic E-state index is 0.0546. The first-order chi connectivity index (χ1) is 19.4. The first-order valence-corrected chi connectivity index (χ1v) is 15.0. The second-order valence-corrected chi connectivity index (χ2v) is 12.3. The number of amides is 2. The van der Waals surface area contributed by atoms with Gasteiger partial charge in [-0.25, -0.2) is 8.70 Å². The number of carbonyl (C=O) groups is 2. The summed E-state index contributed by atoms with van der Waals surface area (Å²) >= 11 is 0. The summed E-state index contributed by atoms with van der Waals surface area (Å²) < 4.78 is 43.3. The van der Waals surface area contributed by atoms with Gasteiger partial charge in [-0.1, -0.05) is 79.2 Å². The van der Waals surface area contributed by atoms with Crippen LogP contribution in [0.1, 0.15) is 37.0 Å². The van der Waals surface area contributed by atoms with E-state index in [1.54, 1.807) is 0 Å². The fourth-order valence-corrected chi connectivity index (χ4v) is 5.42. The molecule has 2 amide bonds. The van der Waals surface area contributed by atoms with Gasteiger partial charge in [-0.3, -0.25) is 9.59 Å². The van der Waals surface area contributed by atoms with Crippen LogP contribution in [0.4, 0.5) is 10.1 Å². The number of hydrogen-bond acceptors (Lipinski definition) is 4. The van der Waals surface area contributed by atoms with E-state index < -0.39 is 34.5 Å². The third-order valence-electron chi connectivity index (χ3n) is 6.85. The van der Waals surface area contributed by atoms with E-state index in [4.69, 9.17) is 0 Å². The highest BCUT2D eigenvalue weighted by molar-refractivity contribution is 7.90. The van der Waals surface area contributed by atoms with Gasteiger partial charge in [0.2, 0.25) is 11.8 Å². The van der Waals surface area contributed by atoms with E-state index >= 15 is 0 Å². The predicted molar refractivity (Wildman–Crippen MR) is 160 cm³/mol. The SMILES string of the molecule is CC[C@H](C)NC(=O)[C@H](Cc1ccccc1)N(Cc1cccc(C)c1)C(=O)CN(c1ccccc1F)S(=O)(=O)N(C)C. The van der Waals surface area contributed by atoms with Crippen molar-refractivity contribution in [3.8, 4) is 0 Å². The standard InChI is InChI=1S/C31H39FN4O4S/c1-6-24(3)33-31(38)29(20-25-14-8-7-9-15-25)35(21-26-16-12-13-23(2)19-26)30(37)22-36(41(39,40)34(4)5)28-18-11-10-17-27(28)32/h7-19,24,29H,6,20-22H2,1-5H3,(H,33,38)/t24-,29-/m0/s1. The number of halogens is 1. The molecule has 0 aliphatic carbocycles. The number of hydrogen-bond donors (Lipinski definition) is 1. The molecule has 0 unspecified atom stereocenters. The summed E-state index contributed by atoms with van der Waals surface area (Å²) in [5, 5.41) is 2.99. The molecule has 0 aliphatic rings. The molecule has 220 valence electrons. The van der Waals surface area contributed by atoms with Crippen LogP contribution in [0.15, 0.2) is 78.9 Å². The maximum absolute atomic E-state index is 14.9. The van der Waals surface area contributed by atoms with Crippen molar-refractivity contribution in [2.45, 2.75) is 52.2 Å². The Balaban J connectivity index is 2.11. The molecule has 0 radical (unpaired) electrons. The molecular formula is C31H39FN4O4S. The Labute approximate surface area is 243 Å². The molecule has 1 N–H and O–H groups in total. The lowest BCUT2D eigenvalue weighted by atomic mass is 10.0. The lowest BCUT2D eigenvalue weighted by Crippen LogP contribution is -2.55. The van der Waals surface area contributed by atoms with Gasteiger partial charge < -0.3 is 10.2 Å². The summed E-state index contributed by atoms with van der Waals surface area (Å²) in [6, 6.07) is 21.2. The summed E-state index contributed by atoms with van der Waals surface area (Å²) in [7, 11) is -1.64. The first kappa shape index (κ1) is 31.8. The van der Waals surface area contributed by atoms with Gasteiger partial charge in [0.15, 0.2) is 0 Å². The van der Waals surface area contributed by atoms with E-state index in [-0.39, 0.29) is 30.6 Å². The van der Waals surface area contributed by atoms with Crippen molar-refractivity contribution in [1.82, 2.24) is 14.5 Å². The number of nitrogens with zero attached hydrogens (tertiary/aromatic N) is 3. The van der Waals surface area contributed by atoms with Crippen LogP contribution >= 0.6 is 0 Å². The van der Waals surface area contributed by atoms with Gasteiger partial charge in [0.1, 0.15) is 18.4 Å². The Hall–Kier alpha value is -3.76. The van der Waals surface area contributed by atoms with Gasteiger partial charge in [-0.15, -0.1) is 0 Å². The molecule has 3 rings (SSSR count). The number of rotatable bonds is 13. The molecule has 10 heteroatoms. The summed E-state index contributed by atoms with van der Waals surface area (Å²) in [6.45, 7) is 5.11. The van der Waals surface area contributed by atoms with Gasteiger partial charge in [-0.2, -0.15) is 12.7 Å². The average Bonchev–Trinajstić information content (AvgIpc) is 2.94. The van der Waals surface area contributed by atoms with Crippen molar-refractivity contribution in [1.29, 1.82) is 0 Å². The number of para-hydroxylation sites is 1. The Morgan fingerprint density at radius 2 is 1.56 bits per heavy atom. The molecule has 0 saturated heterocycles. The van der Waals surface area contributed by atoms with Crippen molar-refractivity contribution < 1.29 is 22.4 Å². The first-order valence-electron chi connectivity index (χ1n) is 13.6. The van der Waals surface area contributed by atoms with Crippen LogP contribution < -0.4 is 9.62 Å². The highest BCUT2D eigenvalue weighted by atomic mass is 32.2. The van der Waals surface area contributed by atoms with E-state index in [1.165, 1.54) is 37.2 Å². The maximum atomic E-state index is 14.9. The molecule has 0 spiro atoms. The Morgan fingerprint density at radius 1 is 0.927 bits per heavy atom. The molecule has 3 aromatic carbocycles. The highest BCUT2D eigenvalue weighted by Crippen LogP contribution is 2.24. The van der Waals surface area contributed by atoms with Crippen LogP contribution in [-0.2, 0) is 32.8 Å². The van der Waals surface area contributed by atoms with E-state index in [2.05, 4.69) is 5.32 Å². The molecule has 0 aromatic heterocycles. The summed E-state index contributed by atoms with van der Waals surface area (Å²) in [5.74, 6) is -1.77. The summed E-state index contributed by atoms with van der Waals surface area (Å²) in [5.41, 5.74) is 2.34. The van der Waals surface area contributed by atoms with E-state index in [9.17, 15) is 22.4 Å². The van der Waals surface area contributed by atoms with Crippen molar-refractivity contribution in [3.05, 3.63) is 101 Å². The maximum Gasteiger partial charge on any atom is 0.304 e. The largest absolute Gasteiger partial charge is 0.352 e. The number of benzene rings is 3. The van der Waals surface area contributed by atoms with Crippen LogP contribution in [-0.4, -0.2) is 62.2 Å². The van der Waals surface area contributed by atoms with Gasteiger partial charge in [0, 0.05) is 33.1 Å². The molecular weight excluding hydrogens is 543 g/mol. The second-order valence-electron chi connectivity index (χ2n) is 10.3. The minimum atomic E-state index is -4.27. The lowest BCUT2D eigenvalue weighted by Gasteiger charge is -2.35. The van der Waals surface area contributed by atoms with Crippen LogP contribution in [0.25, 0.3) is 0 Å². The third kappa shape index (κ3) is 8.37. The van der Waals surface area contributed by atoms with Crippen LogP contribution in [0, 0.1) is 12.7 Å². The van der Waals surface area contributed by atoms with E-state index in [0.717, 1.165) is 31.4 Å². The second kappa shape index (κ2) is 14.2. The number of aryl methyl sites for hydroxylation is 1. The molecule has 0 saturated carbocycles. The zero-order valence-corrected chi connectivity index (χ0v) is 25.1. The number of carbonyl (C=O) groups excluding carboxylic acids is 2. The third-order valence-corrected chi connectivity index (χ3v) is 8.65. The molecule has 0 bridgehead atoms. The van der Waals surface area contributed by atoms with Gasteiger partial charge in [0.25, 0.3) is 0 Å². The zero-order valence-electron chi connectivity index (χ0n) is 24.2. The van der Waals surface area contributed by atoms with Crippen molar-refractivity contribution in [2.24, 2.45) is 0 Å². The monoisotopic (exact) mass is 582 g/mol. The topological polar surface area (TPSA) is 90.0 Å². The smallest absolute Gasteiger partial charge is 0.304 e. The minimum Gasteiger partial charge on any atom is -0.352 e. The van der Waals surface area contributed by atoms with Crippen molar-refractivity contribution >= 4 is 27.7 Å². The predicted octanol–water partition coefficient (Wildman–Crippen LogP) is 4.30. The Kier molecular flexibility index (Phi) is 11.0. The highest BCUT2D eigenvalue weighted by Gasteiger charge is 2.35. The van der Waals surface area contributed by atoms with Crippen molar-refractivity contribution in [3.63, 3.8) is 0 Å². The molecule has 0 aliphatic heterocycles. The average molecular weight is 583 g/mol. The zero-order chi connectivity index (χ0) is 30.2. The van der Waals surface area contributed by atoms with Gasteiger partial charge in [0.05, 0.1) is 5.69 Å². The Morgan fingerprint density at radius 3 is 2.17 bits per heavy atom. The summed E-state index contributed by atoms with van der Waals surface area (Å²) in [4.78, 5) is 29.3. The molecule has 3 aromatic rings. The van der Waals surface area contributed by atoms with Crippen molar-refractivity contribution in [2.75, 3.05) is 24.9 Å². The van der Waals surface area contributed by atoms with E-state index in [0.29, 0.717) is 6.42 Å². The van der Waals surface area contributed by atoms with Gasteiger partial charge >= 0.3 is 10.2 Å². The van der Waals surface area contributed by atoms with Crippen LogP contribution in [0.5, 0.6) is 0 Å². The molecule has 8 nitrogen and oxygen atoms in total. The van der Waals surface area contributed by atoms with Crippen LogP contribution in [0.2, 0.25) is 0 Å². The lowest BCUT2D eigenvalue weighted by molar-refractivity contribution is -0.140. The molecule has 41 heavy (non-hydrogen) atoms. The number of nitrogens with one attached hydrogen (secondary N) is 1. The summed E-state index contributed by atoms with van der Waals surface area (Å²) in [6.07, 6.45) is 0.901. The normalized spacial score (nSPS) is 13.0. The molecule has 0 heterocycles.